The van der Waals surface area contributed by atoms with Crippen LogP contribution in [-0.2, 0) is 6.54 Å². The van der Waals surface area contributed by atoms with E-state index < -0.39 is 6.61 Å². The van der Waals surface area contributed by atoms with Gasteiger partial charge in [-0.05, 0) is 19.1 Å². The largest absolute Gasteiger partial charge is 0.476 e. The SMILES string of the molecule is CCOc1ncc(CN(N)/C=C(\N)CO)nc1-c1cccc(OC(F)F)c1. The van der Waals surface area contributed by atoms with E-state index >= 15 is 0 Å². The number of alkyl halides is 2. The lowest BCUT2D eigenvalue weighted by atomic mass is 10.1. The second-order valence-corrected chi connectivity index (χ2v) is 5.39. The van der Waals surface area contributed by atoms with Gasteiger partial charge in [0.2, 0.25) is 5.88 Å². The van der Waals surface area contributed by atoms with Crippen molar-refractivity contribution >= 4 is 0 Å². The zero-order valence-corrected chi connectivity index (χ0v) is 14.7. The molecule has 2 aromatic rings. The fraction of sp³-hybridized carbons (Fsp3) is 0.294. The number of aliphatic hydroxyl groups excluding tert-OH is 1. The molecule has 0 aliphatic rings. The molecule has 2 rings (SSSR count). The van der Waals surface area contributed by atoms with Crippen LogP contribution in [0.4, 0.5) is 8.78 Å². The van der Waals surface area contributed by atoms with Gasteiger partial charge in [0.05, 0.1) is 37.3 Å². The lowest BCUT2D eigenvalue weighted by Crippen LogP contribution is -2.27. The van der Waals surface area contributed by atoms with Gasteiger partial charge in [-0.3, -0.25) is 0 Å². The highest BCUT2D eigenvalue weighted by atomic mass is 19.3. The number of benzene rings is 1. The molecule has 27 heavy (non-hydrogen) atoms. The summed E-state index contributed by atoms with van der Waals surface area (Å²) in [5, 5.41) is 10.2. The third kappa shape index (κ3) is 6.04. The number of hydrogen-bond donors (Lipinski definition) is 3. The van der Waals surface area contributed by atoms with Crippen molar-refractivity contribution in [1.82, 2.24) is 15.0 Å². The summed E-state index contributed by atoms with van der Waals surface area (Å²) >= 11 is 0. The van der Waals surface area contributed by atoms with Gasteiger partial charge in [-0.15, -0.1) is 0 Å². The van der Waals surface area contributed by atoms with Crippen LogP contribution < -0.4 is 21.1 Å². The van der Waals surface area contributed by atoms with E-state index in [1.807, 2.05) is 0 Å². The Morgan fingerprint density at radius 2 is 2.19 bits per heavy atom. The topological polar surface area (TPSA) is 120 Å². The van der Waals surface area contributed by atoms with Gasteiger partial charge in [0.25, 0.3) is 0 Å². The monoisotopic (exact) mass is 381 g/mol. The molecule has 1 aromatic heterocycles. The van der Waals surface area contributed by atoms with Crippen molar-refractivity contribution in [3.63, 3.8) is 0 Å². The Morgan fingerprint density at radius 1 is 1.41 bits per heavy atom. The van der Waals surface area contributed by atoms with Gasteiger partial charge in [0.1, 0.15) is 11.4 Å². The van der Waals surface area contributed by atoms with Crippen LogP contribution in [0.15, 0.2) is 42.4 Å². The molecule has 5 N–H and O–H groups in total. The van der Waals surface area contributed by atoms with Gasteiger partial charge in [-0.25, -0.2) is 15.8 Å². The second kappa shape index (κ2) is 9.64. The maximum atomic E-state index is 12.5. The van der Waals surface area contributed by atoms with Gasteiger partial charge in [-0.1, -0.05) is 12.1 Å². The zero-order chi connectivity index (χ0) is 19.8. The molecule has 0 aliphatic heterocycles. The summed E-state index contributed by atoms with van der Waals surface area (Å²) in [4.78, 5) is 8.70. The average Bonchev–Trinajstić information content (AvgIpc) is 2.62. The fourth-order valence-electron chi connectivity index (χ4n) is 2.23. The van der Waals surface area contributed by atoms with Crippen LogP contribution in [0.5, 0.6) is 11.6 Å². The van der Waals surface area contributed by atoms with Crippen molar-refractivity contribution in [1.29, 1.82) is 0 Å². The summed E-state index contributed by atoms with van der Waals surface area (Å²) in [6, 6.07) is 6.08. The van der Waals surface area contributed by atoms with Crippen molar-refractivity contribution in [2.24, 2.45) is 11.6 Å². The Hall–Kier alpha value is -2.98. The van der Waals surface area contributed by atoms with E-state index in [2.05, 4.69) is 14.7 Å². The molecule has 0 saturated carbocycles. The van der Waals surface area contributed by atoms with E-state index in [0.717, 1.165) is 0 Å². The summed E-state index contributed by atoms with van der Waals surface area (Å²) in [5.41, 5.74) is 7.06. The minimum Gasteiger partial charge on any atom is -0.476 e. The molecule has 0 fully saturated rings. The highest BCUT2D eigenvalue weighted by Crippen LogP contribution is 2.29. The van der Waals surface area contributed by atoms with Crippen molar-refractivity contribution in [2.45, 2.75) is 20.1 Å². The summed E-state index contributed by atoms with van der Waals surface area (Å²) in [6.07, 6.45) is 2.85. The van der Waals surface area contributed by atoms with Crippen molar-refractivity contribution in [2.75, 3.05) is 13.2 Å². The minimum atomic E-state index is -2.93. The summed E-state index contributed by atoms with van der Waals surface area (Å²) in [5.74, 6) is 6.06. The molecule has 0 spiro atoms. The van der Waals surface area contributed by atoms with Crippen LogP contribution in [0.25, 0.3) is 11.3 Å². The Kier molecular flexibility index (Phi) is 7.26. The second-order valence-electron chi connectivity index (χ2n) is 5.39. The molecule has 0 unspecified atom stereocenters. The first kappa shape index (κ1) is 20.3. The molecular weight excluding hydrogens is 360 g/mol. The molecule has 146 valence electrons. The van der Waals surface area contributed by atoms with E-state index in [9.17, 15) is 8.78 Å². The molecule has 0 aliphatic carbocycles. The average molecular weight is 381 g/mol. The van der Waals surface area contributed by atoms with Crippen LogP contribution >= 0.6 is 0 Å². The number of aliphatic hydroxyl groups is 1. The van der Waals surface area contributed by atoms with Crippen molar-refractivity contribution < 1.29 is 23.4 Å². The molecule has 8 nitrogen and oxygen atoms in total. The van der Waals surface area contributed by atoms with Crippen LogP contribution in [0, 0.1) is 0 Å². The molecule has 10 heteroatoms. The molecule has 0 atom stereocenters. The first-order valence-corrected chi connectivity index (χ1v) is 8.05. The summed E-state index contributed by atoms with van der Waals surface area (Å²) in [7, 11) is 0. The van der Waals surface area contributed by atoms with E-state index in [1.165, 1.54) is 29.5 Å². The first-order chi connectivity index (χ1) is 12.9. The van der Waals surface area contributed by atoms with E-state index in [1.54, 1.807) is 19.1 Å². The maximum Gasteiger partial charge on any atom is 0.387 e. The quantitative estimate of drug-likeness (QED) is 0.443. The van der Waals surface area contributed by atoms with Crippen molar-refractivity contribution in [3.8, 4) is 22.9 Å². The third-order valence-electron chi connectivity index (χ3n) is 3.26. The highest BCUT2D eigenvalue weighted by molar-refractivity contribution is 5.66. The van der Waals surface area contributed by atoms with Crippen molar-refractivity contribution in [3.05, 3.63) is 48.1 Å². The standard InChI is InChI=1S/C17H21F2N5O3/c1-2-26-16-15(11-4-3-5-14(6-11)27-17(18)19)23-13(7-22-16)9-24(21)8-12(20)10-25/h3-8,17,25H,2,9-10,20-21H2,1H3/b12-8-. The normalized spacial score (nSPS) is 11.6. The Morgan fingerprint density at radius 3 is 2.85 bits per heavy atom. The molecule has 1 heterocycles. The molecular formula is C17H21F2N5O3. The Balaban J connectivity index is 2.35. The number of hydrazine groups is 1. The van der Waals surface area contributed by atoms with Crippen LogP contribution in [0.1, 0.15) is 12.6 Å². The maximum absolute atomic E-state index is 12.5. The molecule has 0 saturated heterocycles. The van der Waals surface area contributed by atoms with Gasteiger partial charge >= 0.3 is 6.61 Å². The van der Waals surface area contributed by atoms with Gasteiger partial charge in [-0.2, -0.15) is 8.78 Å². The predicted octanol–water partition coefficient (Wildman–Crippen LogP) is 1.61. The third-order valence-corrected chi connectivity index (χ3v) is 3.26. The molecule has 0 radical (unpaired) electrons. The number of rotatable bonds is 9. The number of halogens is 2. The number of aromatic nitrogens is 2. The number of nitrogens with zero attached hydrogens (tertiary/aromatic N) is 3. The molecule has 0 amide bonds. The summed E-state index contributed by atoms with van der Waals surface area (Å²) in [6.45, 7) is -0.962. The van der Waals surface area contributed by atoms with E-state index in [4.69, 9.17) is 21.4 Å². The van der Waals surface area contributed by atoms with Gasteiger partial charge in [0.15, 0.2) is 0 Å². The molecule has 1 aromatic carbocycles. The fourth-order valence-corrected chi connectivity index (χ4v) is 2.23. The predicted molar refractivity (Wildman–Crippen MR) is 94.4 cm³/mol. The van der Waals surface area contributed by atoms with Gasteiger partial charge < -0.3 is 25.3 Å². The zero-order valence-electron chi connectivity index (χ0n) is 14.7. The Labute approximate surface area is 155 Å². The lowest BCUT2D eigenvalue weighted by molar-refractivity contribution is -0.0498. The number of nitrogens with two attached hydrogens (primary N) is 2. The first-order valence-electron chi connectivity index (χ1n) is 8.05. The highest BCUT2D eigenvalue weighted by Gasteiger charge is 2.14. The van der Waals surface area contributed by atoms with Gasteiger partial charge in [0, 0.05) is 11.8 Å². The molecule has 0 bridgehead atoms. The van der Waals surface area contributed by atoms with Crippen LogP contribution in [-0.4, -0.2) is 39.9 Å². The lowest BCUT2D eigenvalue weighted by Gasteiger charge is -2.16. The van der Waals surface area contributed by atoms with Crippen LogP contribution in [0.2, 0.25) is 0 Å². The summed E-state index contributed by atoms with van der Waals surface area (Å²) < 4.78 is 34.8. The van der Waals surface area contributed by atoms with E-state index in [-0.39, 0.29) is 30.5 Å². The number of ether oxygens (including phenoxy) is 2. The number of hydrogen-bond acceptors (Lipinski definition) is 8. The minimum absolute atomic E-state index is 0.00347. The smallest absolute Gasteiger partial charge is 0.387 e. The Bertz CT molecular complexity index is 789. The van der Waals surface area contributed by atoms with Crippen LogP contribution in [0.3, 0.4) is 0 Å². The van der Waals surface area contributed by atoms with E-state index in [0.29, 0.717) is 23.6 Å².